The molecule has 1 unspecified atom stereocenters. The van der Waals surface area contributed by atoms with Gasteiger partial charge in [0.1, 0.15) is 12.1 Å². The van der Waals surface area contributed by atoms with Crippen molar-refractivity contribution in [2.24, 2.45) is 0 Å². The third-order valence-corrected chi connectivity index (χ3v) is 2.04. The fourth-order valence-electron chi connectivity index (χ4n) is 1.25. The average Bonchev–Trinajstić information content (AvgIpc) is 2.21. The third kappa shape index (κ3) is 2.84. The summed E-state index contributed by atoms with van der Waals surface area (Å²) in [5.74, 6) is 3.95. The van der Waals surface area contributed by atoms with E-state index in [1.165, 1.54) is 6.33 Å². The van der Waals surface area contributed by atoms with Crippen LogP contribution in [0.5, 0.6) is 5.88 Å². The molecule has 1 atom stereocenters. The summed E-state index contributed by atoms with van der Waals surface area (Å²) in [4.78, 5) is 8.14. The van der Waals surface area contributed by atoms with Gasteiger partial charge >= 0.3 is 0 Å². The van der Waals surface area contributed by atoms with Gasteiger partial charge in [-0.15, -0.1) is 12.3 Å². The molecule has 4 heteroatoms. The second kappa shape index (κ2) is 5.20. The van der Waals surface area contributed by atoms with Gasteiger partial charge in [-0.25, -0.2) is 9.97 Å². The highest BCUT2D eigenvalue weighted by molar-refractivity contribution is 5.48. The first kappa shape index (κ1) is 11.3. The van der Waals surface area contributed by atoms with Crippen molar-refractivity contribution in [3.8, 4) is 18.2 Å². The Balaban J connectivity index is 2.82. The SMILES string of the molecule is C#CCC(C)Nc1ncnc(OC)c1C. The van der Waals surface area contributed by atoms with E-state index in [0.29, 0.717) is 12.3 Å². The van der Waals surface area contributed by atoms with E-state index in [1.54, 1.807) is 7.11 Å². The number of hydrogen-bond donors (Lipinski definition) is 1. The molecule has 1 aromatic rings. The highest BCUT2D eigenvalue weighted by atomic mass is 16.5. The second-order valence-electron chi connectivity index (χ2n) is 3.31. The number of hydrogen-bond acceptors (Lipinski definition) is 4. The largest absolute Gasteiger partial charge is 0.481 e. The molecule has 0 saturated carbocycles. The zero-order valence-corrected chi connectivity index (χ0v) is 9.24. The van der Waals surface area contributed by atoms with Crippen LogP contribution in [-0.2, 0) is 0 Å². The molecular formula is C11H15N3O. The smallest absolute Gasteiger partial charge is 0.221 e. The molecule has 0 saturated heterocycles. The summed E-state index contributed by atoms with van der Waals surface area (Å²) in [7, 11) is 1.59. The molecule has 0 aromatic carbocycles. The second-order valence-corrected chi connectivity index (χ2v) is 3.31. The van der Waals surface area contributed by atoms with Crippen molar-refractivity contribution in [3.05, 3.63) is 11.9 Å². The summed E-state index contributed by atoms with van der Waals surface area (Å²) < 4.78 is 5.10. The van der Waals surface area contributed by atoms with E-state index in [0.717, 1.165) is 11.4 Å². The van der Waals surface area contributed by atoms with Gasteiger partial charge in [-0.3, -0.25) is 0 Å². The molecule has 0 bridgehead atoms. The molecule has 80 valence electrons. The molecule has 1 N–H and O–H groups in total. The van der Waals surface area contributed by atoms with Crippen molar-refractivity contribution in [2.45, 2.75) is 26.3 Å². The first-order valence-corrected chi connectivity index (χ1v) is 4.74. The maximum absolute atomic E-state index is 5.23. The molecule has 0 aliphatic heterocycles. The Kier molecular flexibility index (Phi) is 3.92. The van der Waals surface area contributed by atoms with Gasteiger partial charge in [0.2, 0.25) is 5.88 Å². The van der Waals surface area contributed by atoms with Crippen molar-refractivity contribution in [3.63, 3.8) is 0 Å². The highest BCUT2D eigenvalue weighted by Gasteiger charge is 2.08. The van der Waals surface area contributed by atoms with Crippen LogP contribution in [0.2, 0.25) is 0 Å². The number of terminal acetylenes is 1. The summed E-state index contributed by atoms with van der Waals surface area (Å²) in [5, 5.41) is 3.21. The van der Waals surface area contributed by atoms with Crippen molar-refractivity contribution in [2.75, 3.05) is 12.4 Å². The Morgan fingerprint density at radius 2 is 2.33 bits per heavy atom. The Morgan fingerprint density at radius 3 is 2.93 bits per heavy atom. The molecule has 15 heavy (non-hydrogen) atoms. The van der Waals surface area contributed by atoms with Crippen molar-refractivity contribution in [1.29, 1.82) is 0 Å². The number of nitrogens with one attached hydrogen (secondary N) is 1. The molecule has 0 aliphatic carbocycles. The zero-order valence-electron chi connectivity index (χ0n) is 9.24. The van der Waals surface area contributed by atoms with Crippen LogP contribution in [0.4, 0.5) is 5.82 Å². The van der Waals surface area contributed by atoms with Crippen LogP contribution in [0.25, 0.3) is 0 Å². The van der Waals surface area contributed by atoms with Crippen LogP contribution in [0.3, 0.4) is 0 Å². The van der Waals surface area contributed by atoms with Gasteiger partial charge in [0.15, 0.2) is 0 Å². The van der Waals surface area contributed by atoms with Crippen LogP contribution < -0.4 is 10.1 Å². The molecule has 0 fully saturated rings. The average molecular weight is 205 g/mol. The summed E-state index contributed by atoms with van der Waals surface area (Å²) in [5.41, 5.74) is 0.892. The minimum Gasteiger partial charge on any atom is -0.481 e. The third-order valence-electron chi connectivity index (χ3n) is 2.04. The molecule has 0 aliphatic rings. The molecule has 0 amide bonds. The van der Waals surface area contributed by atoms with E-state index in [9.17, 15) is 0 Å². The number of ether oxygens (including phenoxy) is 1. The lowest BCUT2D eigenvalue weighted by Crippen LogP contribution is -2.16. The van der Waals surface area contributed by atoms with Crippen LogP contribution in [0.15, 0.2) is 6.33 Å². The van der Waals surface area contributed by atoms with E-state index in [2.05, 4.69) is 21.2 Å². The predicted molar refractivity (Wildman–Crippen MR) is 59.9 cm³/mol. The van der Waals surface area contributed by atoms with Gasteiger partial charge in [-0.1, -0.05) is 0 Å². The molecule has 1 heterocycles. The maximum atomic E-state index is 5.23. The standard InChI is InChI=1S/C11H15N3O/c1-5-6-8(2)14-10-9(3)11(15-4)13-7-12-10/h1,7-8H,6H2,2-4H3,(H,12,13,14). The van der Waals surface area contributed by atoms with Crippen LogP contribution in [-0.4, -0.2) is 23.1 Å². The van der Waals surface area contributed by atoms with Crippen molar-refractivity contribution in [1.82, 2.24) is 9.97 Å². The minimum atomic E-state index is 0.188. The molecule has 1 aromatic heterocycles. The van der Waals surface area contributed by atoms with Gasteiger partial charge < -0.3 is 10.1 Å². The summed E-state index contributed by atoms with van der Waals surface area (Å²) in [6, 6.07) is 0.188. The summed E-state index contributed by atoms with van der Waals surface area (Å²) in [6.07, 6.45) is 7.36. The zero-order chi connectivity index (χ0) is 11.3. The first-order chi connectivity index (χ1) is 7.19. The monoisotopic (exact) mass is 205 g/mol. The van der Waals surface area contributed by atoms with Gasteiger partial charge in [0.05, 0.1) is 12.7 Å². The molecule has 1 rings (SSSR count). The quantitative estimate of drug-likeness (QED) is 0.759. The van der Waals surface area contributed by atoms with E-state index in [-0.39, 0.29) is 6.04 Å². The lowest BCUT2D eigenvalue weighted by Gasteiger charge is -2.14. The molecule has 4 nitrogen and oxygen atoms in total. The van der Waals surface area contributed by atoms with E-state index >= 15 is 0 Å². The fraction of sp³-hybridized carbons (Fsp3) is 0.455. The van der Waals surface area contributed by atoms with Crippen LogP contribution in [0.1, 0.15) is 18.9 Å². The Hall–Kier alpha value is -1.76. The van der Waals surface area contributed by atoms with Gasteiger partial charge in [0.25, 0.3) is 0 Å². The van der Waals surface area contributed by atoms with Crippen LogP contribution in [0, 0.1) is 19.3 Å². The Bertz CT molecular complexity index is 371. The normalized spacial score (nSPS) is 11.6. The molecular weight excluding hydrogens is 190 g/mol. The fourth-order valence-corrected chi connectivity index (χ4v) is 1.25. The van der Waals surface area contributed by atoms with Gasteiger partial charge in [-0.2, -0.15) is 0 Å². The first-order valence-electron chi connectivity index (χ1n) is 4.74. The summed E-state index contributed by atoms with van der Waals surface area (Å²) >= 11 is 0. The molecule has 0 spiro atoms. The van der Waals surface area contributed by atoms with E-state index in [4.69, 9.17) is 11.2 Å². The van der Waals surface area contributed by atoms with Gasteiger partial charge in [0, 0.05) is 12.5 Å². The lowest BCUT2D eigenvalue weighted by molar-refractivity contribution is 0.393. The molecule has 0 radical (unpaired) electrons. The maximum Gasteiger partial charge on any atom is 0.221 e. The van der Waals surface area contributed by atoms with E-state index < -0.39 is 0 Å². The Labute approximate surface area is 90.1 Å². The Morgan fingerprint density at radius 1 is 1.60 bits per heavy atom. The topological polar surface area (TPSA) is 47.0 Å². The summed E-state index contributed by atoms with van der Waals surface area (Å²) in [6.45, 7) is 3.91. The number of nitrogens with zero attached hydrogens (tertiary/aromatic N) is 2. The lowest BCUT2D eigenvalue weighted by atomic mass is 10.2. The van der Waals surface area contributed by atoms with Crippen molar-refractivity contribution >= 4 is 5.82 Å². The van der Waals surface area contributed by atoms with E-state index in [1.807, 2.05) is 13.8 Å². The van der Waals surface area contributed by atoms with Gasteiger partial charge in [-0.05, 0) is 13.8 Å². The van der Waals surface area contributed by atoms with Crippen LogP contribution >= 0.6 is 0 Å². The number of rotatable bonds is 4. The van der Waals surface area contributed by atoms with Crippen molar-refractivity contribution < 1.29 is 4.74 Å². The number of anilines is 1. The number of aromatic nitrogens is 2. The number of methoxy groups -OCH3 is 1. The minimum absolute atomic E-state index is 0.188. The predicted octanol–water partition coefficient (Wildman–Crippen LogP) is 1.62. The highest BCUT2D eigenvalue weighted by Crippen LogP contribution is 2.20.